The first-order valence-electron chi connectivity index (χ1n) is 7.39. The number of hydrogen-bond donors (Lipinski definition) is 2. The number of benzene rings is 2. The zero-order valence-electron chi connectivity index (χ0n) is 12.3. The molecule has 0 aromatic heterocycles. The second kappa shape index (κ2) is 5.35. The molecule has 7 heteroatoms. The number of nitrogens with one attached hydrogen (secondary N) is 2. The zero-order chi connectivity index (χ0) is 16.0. The minimum absolute atomic E-state index is 0.0949. The highest BCUT2D eigenvalue weighted by Gasteiger charge is 2.27. The third-order valence-corrected chi connectivity index (χ3v) is 7.46. The number of hydrogen-bond acceptors (Lipinski definition) is 5. The predicted octanol–water partition coefficient (Wildman–Crippen LogP) is 2.16. The Morgan fingerprint density at radius 3 is 2.78 bits per heavy atom. The van der Waals surface area contributed by atoms with Gasteiger partial charge in [0.2, 0.25) is 0 Å². The molecule has 0 saturated heterocycles. The predicted molar refractivity (Wildman–Crippen MR) is 91.1 cm³/mol. The van der Waals surface area contributed by atoms with E-state index in [0.29, 0.717) is 22.9 Å². The van der Waals surface area contributed by atoms with Crippen LogP contribution in [0.1, 0.15) is 11.6 Å². The van der Waals surface area contributed by atoms with E-state index in [1.165, 1.54) is 0 Å². The van der Waals surface area contributed by atoms with E-state index in [2.05, 4.69) is 10.6 Å². The average Bonchev–Trinajstić information content (AvgIpc) is 2.54. The summed E-state index contributed by atoms with van der Waals surface area (Å²) in [4.78, 5) is 1.17. The van der Waals surface area contributed by atoms with E-state index in [0.717, 1.165) is 16.1 Å². The fourth-order valence-corrected chi connectivity index (χ4v) is 5.73. The van der Waals surface area contributed by atoms with Crippen molar-refractivity contribution in [3.63, 3.8) is 0 Å². The van der Waals surface area contributed by atoms with E-state index < -0.39 is 20.6 Å². The molecule has 120 valence electrons. The summed E-state index contributed by atoms with van der Waals surface area (Å²) < 4.78 is 36.6. The van der Waals surface area contributed by atoms with Crippen LogP contribution in [-0.4, -0.2) is 30.7 Å². The van der Waals surface area contributed by atoms with Crippen LogP contribution in [0.4, 0.5) is 11.4 Å². The number of anilines is 2. The molecule has 2 aromatic carbocycles. The molecule has 0 amide bonds. The Hall–Kier alpha value is -1.86. The molecule has 2 atom stereocenters. The monoisotopic (exact) mass is 348 g/mol. The molecule has 0 bridgehead atoms. The van der Waals surface area contributed by atoms with Crippen molar-refractivity contribution >= 4 is 32.0 Å². The van der Waals surface area contributed by atoms with Crippen molar-refractivity contribution in [2.24, 2.45) is 0 Å². The minimum Gasteiger partial charge on any atom is -0.383 e. The van der Waals surface area contributed by atoms with Crippen LogP contribution in [0.5, 0.6) is 0 Å². The van der Waals surface area contributed by atoms with Crippen LogP contribution in [0, 0.1) is 0 Å². The molecule has 2 aliphatic rings. The molecule has 2 heterocycles. The summed E-state index contributed by atoms with van der Waals surface area (Å²) in [5.41, 5.74) is 2.46. The van der Waals surface area contributed by atoms with E-state index in [-0.39, 0.29) is 11.8 Å². The fraction of sp³-hybridized carbons (Fsp3) is 0.250. The summed E-state index contributed by atoms with van der Waals surface area (Å²) in [6.45, 7) is 0.422. The maximum Gasteiger partial charge on any atom is 0.182 e. The molecular weight excluding hydrogens is 332 g/mol. The lowest BCUT2D eigenvalue weighted by Gasteiger charge is -2.28. The van der Waals surface area contributed by atoms with Gasteiger partial charge in [0.15, 0.2) is 9.84 Å². The maximum atomic E-state index is 12.4. The highest BCUT2D eigenvalue weighted by molar-refractivity contribution is 7.91. The third kappa shape index (κ3) is 2.53. The molecule has 0 saturated carbocycles. The largest absolute Gasteiger partial charge is 0.383 e. The Balaban J connectivity index is 1.72. The summed E-state index contributed by atoms with van der Waals surface area (Å²) in [7, 11) is -4.26. The molecular formula is C16H16N2O3S2. The van der Waals surface area contributed by atoms with Gasteiger partial charge in [0.25, 0.3) is 0 Å². The SMILES string of the molecule is O=S1CC(c2ccc3c(c2)NCCS3(=O)=O)Nc2ccccc21. The summed E-state index contributed by atoms with van der Waals surface area (Å²) in [6, 6.07) is 12.8. The van der Waals surface area contributed by atoms with E-state index in [1.54, 1.807) is 6.07 Å². The van der Waals surface area contributed by atoms with Gasteiger partial charge in [-0.3, -0.25) is 4.21 Å². The Kier molecular flexibility index (Phi) is 3.42. The molecule has 2 aromatic rings. The standard InChI is InChI=1S/C16H16N2O3S2/c19-22-10-14(18-12-3-1-2-4-15(12)22)11-5-6-16-13(9-11)17-7-8-23(16,20)21/h1-6,9,14,17-18H,7-8,10H2. The van der Waals surface area contributed by atoms with E-state index in [4.69, 9.17) is 0 Å². The van der Waals surface area contributed by atoms with Gasteiger partial charge in [0.05, 0.1) is 49.5 Å². The van der Waals surface area contributed by atoms with Crippen molar-refractivity contribution in [3.8, 4) is 0 Å². The zero-order valence-corrected chi connectivity index (χ0v) is 13.9. The van der Waals surface area contributed by atoms with Gasteiger partial charge < -0.3 is 10.6 Å². The topological polar surface area (TPSA) is 75.3 Å². The molecule has 5 nitrogen and oxygen atoms in total. The van der Waals surface area contributed by atoms with E-state index >= 15 is 0 Å². The fourth-order valence-electron chi connectivity index (χ4n) is 3.04. The second-order valence-electron chi connectivity index (χ2n) is 5.71. The van der Waals surface area contributed by atoms with Crippen LogP contribution in [0.2, 0.25) is 0 Å². The number of rotatable bonds is 1. The average molecular weight is 348 g/mol. The highest BCUT2D eigenvalue weighted by Crippen LogP contribution is 2.35. The number of fused-ring (bicyclic) bond motifs is 2. The van der Waals surface area contributed by atoms with Gasteiger partial charge in [-0.2, -0.15) is 0 Å². The minimum atomic E-state index is -3.19. The molecule has 0 aliphatic carbocycles. The Morgan fingerprint density at radius 1 is 1.09 bits per heavy atom. The summed E-state index contributed by atoms with van der Waals surface area (Å²) in [6.07, 6.45) is 0. The Bertz CT molecular complexity index is 909. The Morgan fingerprint density at radius 2 is 1.91 bits per heavy atom. The molecule has 2 aliphatic heterocycles. The van der Waals surface area contributed by atoms with E-state index in [1.807, 2.05) is 36.4 Å². The summed E-state index contributed by atoms with van der Waals surface area (Å²) >= 11 is 0. The van der Waals surface area contributed by atoms with Gasteiger partial charge in [-0.25, -0.2) is 8.42 Å². The van der Waals surface area contributed by atoms with Crippen molar-refractivity contribution in [2.45, 2.75) is 15.8 Å². The summed E-state index contributed by atoms with van der Waals surface area (Å²) in [5, 5.41) is 6.55. The lowest BCUT2D eigenvalue weighted by molar-refractivity contribution is 0.594. The normalized spacial score (nSPS) is 24.7. The van der Waals surface area contributed by atoms with Crippen LogP contribution in [0.3, 0.4) is 0 Å². The first-order chi connectivity index (χ1) is 11.0. The van der Waals surface area contributed by atoms with Gasteiger partial charge >= 0.3 is 0 Å². The molecule has 0 radical (unpaired) electrons. The molecule has 0 spiro atoms. The first-order valence-corrected chi connectivity index (χ1v) is 10.4. The number of sulfone groups is 1. The quantitative estimate of drug-likeness (QED) is 0.826. The van der Waals surface area contributed by atoms with E-state index in [9.17, 15) is 12.6 Å². The second-order valence-corrected chi connectivity index (χ2v) is 9.25. The van der Waals surface area contributed by atoms with Crippen LogP contribution in [0.15, 0.2) is 52.3 Å². The van der Waals surface area contributed by atoms with Crippen molar-refractivity contribution in [2.75, 3.05) is 28.7 Å². The van der Waals surface area contributed by atoms with Crippen molar-refractivity contribution in [1.29, 1.82) is 0 Å². The maximum absolute atomic E-state index is 12.4. The lowest BCUT2D eigenvalue weighted by Crippen LogP contribution is -2.26. The van der Waals surface area contributed by atoms with Crippen LogP contribution < -0.4 is 10.6 Å². The summed E-state index contributed by atoms with van der Waals surface area (Å²) in [5.74, 6) is 0.598. The Labute approximate surface area is 137 Å². The lowest BCUT2D eigenvalue weighted by atomic mass is 10.1. The molecule has 2 unspecified atom stereocenters. The van der Waals surface area contributed by atoms with Crippen LogP contribution in [-0.2, 0) is 20.6 Å². The molecule has 4 rings (SSSR count). The molecule has 23 heavy (non-hydrogen) atoms. The highest BCUT2D eigenvalue weighted by atomic mass is 32.2. The smallest absolute Gasteiger partial charge is 0.182 e. The van der Waals surface area contributed by atoms with Crippen molar-refractivity contribution in [3.05, 3.63) is 48.0 Å². The van der Waals surface area contributed by atoms with Crippen molar-refractivity contribution in [1.82, 2.24) is 0 Å². The van der Waals surface area contributed by atoms with Gasteiger partial charge in [-0.15, -0.1) is 0 Å². The van der Waals surface area contributed by atoms with Crippen LogP contribution >= 0.6 is 0 Å². The van der Waals surface area contributed by atoms with Crippen LogP contribution in [0.25, 0.3) is 0 Å². The number of para-hydroxylation sites is 1. The van der Waals surface area contributed by atoms with Gasteiger partial charge in [0, 0.05) is 6.54 Å². The van der Waals surface area contributed by atoms with Gasteiger partial charge in [-0.05, 0) is 29.8 Å². The first kappa shape index (κ1) is 14.7. The molecule has 2 N–H and O–H groups in total. The van der Waals surface area contributed by atoms with Gasteiger partial charge in [0.1, 0.15) is 0 Å². The van der Waals surface area contributed by atoms with Gasteiger partial charge in [-0.1, -0.05) is 18.2 Å². The van der Waals surface area contributed by atoms with Crippen molar-refractivity contribution < 1.29 is 12.6 Å². The third-order valence-electron chi connectivity index (χ3n) is 4.21. The molecule has 0 fully saturated rings.